The lowest BCUT2D eigenvalue weighted by molar-refractivity contribution is -0.133. The molecule has 1 aromatic carbocycles. The molecule has 1 saturated carbocycles. The molecular formula is C14H16BrNO3S. The summed E-state index contributed by atoms with van der Waals surface area (Å²) >= 11 is 4.75. The van der Waals surface area contributed by atoms with E-state index < -0.39 is 5.97 Å². The van der Waals surface area contributed by atoms with E-state index in [-0.39, 0.29) is 17.6 Å². The maximum Gasteiger partial charge on any atom is 0.313 e. The molecule has 2 N–H and O–H groups in total. The van der Waals surface area contributed by atoms with Gasteiger partial charge in [0.2, 0.25) is 5.91 Å². The van der Waals surface area contributed by atoms with Gasteiger partial charge in [0.1, 0.15) is 0 Å². The predicted molar refractivity (Wildman–Crippen MR) is 83.0 cm³/mol. The van der Waals surface area contributed by atoms with Crippen LogP contribution in [0.2, 0.25) is 0 Å². The summed E-state index contributed by atoms with van der Waals surface area (Å²) in [6.45, 7) is 0.526. The quantitative estimate of drug-likeness (QED) is 0.735. The number of carbonyl (C=O) groups excluding carboxylic acids is 1. The minimum atomic E-state index is -0.821. The fourth-order valence-electron chi connectivity index (χ4n) is 2.13. The Labute approximate surface area is 130 Å². The summed E-state index contributed by atoms with van der Waals surface area (Å²) in [7, 11) is 0. The molecule has 4 nitrogen and oxygen atoms in total. The molecule has 0 aliphatic heterocycles. The van der Waals surface area contributed by atoms with Crippen LogP contribution in [0, 0.1) is 5.92 Å². The van der Waals surface area contributed by atoms with Gasteiger partial charge in [0, 0.05) is 22.7 Å². The van der Waals surface area contributed by atoms with Crippen molar-refractivity contribution >= 4 is 39.6 Å². The van der Waals surface area contributed by atoms with Gasteiger partial charge in [0.05, 0.1) is 5.75 Å². The SMILES string of the molecule is O=C(O)CSCCNC(=O)C1CC1c1cccc(Br)c1. The molecule has 0 bridgehead atoms. The molecule has 108 valence electrons. The van der Waals surface area contributed by atoms with E-state index in [4.69, 9.17) is 5.11 Å². The van der Waals surface area contributed by atoms with Gasteiger partial charge in [-0.2, -0.15) is 0 Å². The zero-order chi connectivity index (χ0) is 14.5. The Balaban J connectivity index is 1.69. The first-order chi connectivity index (χ1) is 9.58. The number of carboxylic acid groups (broad SMARTS) is 1. The summed E-state index contributed by atoms with van der Waals surface area (Å²) in [5.41, 5.74) is 1.19. The minimum Gasteiger partial charge on any atom is -0.481 e. The molecule has 0 aromatic heterocycles. The van der Waals surface area contributed by atoms with Crippen molar-refractivity contribution in [2.75, 3.05) is 18.1 Å². The molecule has 1 amide bonds. The van der Waals surface area contributed by atoms with E-state index in [1.807, 2.05) is 18.2 Å². The highest BCUT2D eigenvalue weighted by Gasteiger charge is 2.43. The summed E-state index contributed by atoms with van der Waals surface area (Å²) in [6.07, 6.45) is 0.893. The van der Waals surface area contributed by atoms with Crippen molar-refractivity contribution in [3.05, 3.63) is 34.3 Å². The van der Waals surface area contributed by atoms with Crippen LogP contribution < -0.4 is 5.32 Å². The predicted octanol–water partition coefficient (Wildman–Crippen LogP) is 2.49. The largest absolute Gasteiger partial charge is 0.481 e. The first-order valence-electron chi connectivity index (χ1n) is 6.40. The molecule has 1 fully saturated rings. The van der Waals surface area contributed by atoms with Crippen LogP contribution in [0.5, 0.6) is 0 Å². The number of benzene rings is 1. The van der Waals surface area contributed by atoms with Crippen molar-refractivity contribution in [1.29, 1.82) is 0 Å². The molecule has 20 heavy (non-hydrogen) atoms. The van der Waals surface area contributed by atoms with E-state index in [1.165, 1.54) is 17.3 Å². The van der Waals surface area contributed by atoms with Gasteiger partial charge in [-0.3, -0.25) is 9.59 Å². The third-order valence-electron chi connectivity index (χ3n) is 3.18. The highest BCUT2D eigenvalue weighted by atomic mass is 79.9. The molecule has 2 atom stereocenters. The molecule has 2 rings (SSSR count). The van der Waals surface area contributed by atoms with Gasteiger partial charge in [-0.25, -0.2) is 0 Å². The Morgan fingerprint density at radius 3 is 2.95 bits per heavy atom. The number of rotatable bonds is 7. The van der Waals surface area contributed by atoms with Crippen LogP contribution in [-0.2, 0) is 9.59 Å². The maximum absolute atomic E-state index is 11.9. The first kappa shape index (κ1) is 15.4. The van der Waals surface area contributed by atoms with Crippen molar-refractivity contribution in [1.82, 2.24) is 5.32 Å². The monoisotopic (exact) mass is 357 g/mol. The van der Waals surface area contributed by atoms with E-state index in [0.717, 1.165) is 10.9 Å². The van der Waals surface area contributed by atoms with Crippen molar-refractivity contribution < 1.29 is 14.7 Å². The molecule has 1 aliphatic carbocycles. The molecule has 6 heteroatoms. The van der Waals surface area contributed by atoms with E-state index in [0.29, 0.717) is 18.2 Å². The molecular weight excluding hydrogens is 342 g/mol. The standard InChI is InChI=1S/C14H16BrNO3S/c15-10-3-1-2-9(6-10)11-7-12(11)14(19)16-4-5-20-8-13(17)18/h1-3,6,11-12H,4-5,7-8H2,(H,16,19)(H,17,18). The number of carboxylic acids is 1. The third kappa shape index (κ3) is 4.52. The van der Waals surface area contributed by atoms with E-state index in [9.17, 15) is 9.59 Å². The van der Waals surface area contributed by atoms with Crippen LogP contribution in [0.4, 0.5) is 0 Å². The zero-order valence-electron chi connectivity index (χ0n) is 10.8. The molecule has 0 radical (unpaired) electrons. The van der Waals surface area contributed by atoms with Crippen molar-refractivity contribution in [2.45, 2.75) is 12.3 Å². The number of halogens is 1. The van der Waals surface area contributed by atoms with E-state index in [1.54, 1.807) is 0 Å². The molecule has 1 aromatic rings. The molecule has 0 spiro atoms. The third-order valence-corrected chi connectivity index (χ3v) is 4.61. The van der Waals surface area contributed by atoms with Crippen molar-refractivity contribution in [2.24, 2.45) is 5.92 Å². The topological polar surface area (TPSA) is 66.4 Å². The number of amides is 1. The lowest BCUT2D eigenvalue weighted by atomic mass is 10.1. The first-order valence-corrected chi connectivity index (χ1v) is 8.35. The highest BCUT2D eigenvalue weighted by molar-refractivity contribution is 9.10. The number of hydrogen-bond donors (Lipinski definition) is 2. The highest BCUT2D eigenvalue weighted by Crippen LogP contribution is 2.47. The number of carbonyl (C=O) groups is 2. The Bertz CT molecular complexity index is 509. The van der Waals surface area contributed by atoms with Crippen LogP contribution in [0.1, 0.15) is 17.9 Å². The fourth-order valence-corrected chi connectivity index (χ4v) is 3.11. The number of nitrogens with one attached hydrogen (secondary N) is 1. The van der Waals surface area contributed by atoms with Crippen LogP contribution in [0.25, 0.3) is 0 Å². The summed E-state index contributed by atoms with van der Waals surface area (Å²) in [5.74, 6) is 0.351. The molecule has 2 unspecified atom stereocenters. The van der Waals surface area contributed by atoms with Crippen LogP contribution >= 0.6 is 27.7 Å². The van der Waals surface area contributed by atoms with Gasteiger partial charge in [-0.1, -0.05) is 28.1 Å². The summed E-state index contributed by atoms with van der Waals surface area (Å²) < 4.78 is 1.03. The Kier molecular flexibility index (Phi) is 5.48. The van der Waals surface area contributed by atoms with Gasteiger partial charge in [0.15, 0.2) is 0 Å². The summed E-state index contributed by atoms with van der Waals surface area (Å²) in [6, 6.07) is 8.06. The Morgan fingerprint density at radius 1 is 1.45 bits per heavy atom. The van der Waals surface area contributed by atoms with Gasteiger partial charge < -0.3 is 10.4 Å². The van der Waals surface area contributed by atoms with Crippen LogP contribution in [0.3, 0.4) is 0 Å². The van der Waals surface area contributed by atoms with Crippen molar-refractivity contribution in [3.8, 4) is 0 Å². The van der Waals surface area contributed by atoms with Crippen molar-refractivity contribution in [3.63, 3.8) is 0 Å². The summed E-state index contributed by atoms with van der Waals surface area (Å²) in [4.78, 5) is 22.3. The van der Waals surface area contributed by atoms with E-state index in [2.05, 4.69) is 27.3 Å². The van der Waals surface area contributed by atoms with Gasteiger partial charge in [0.25, 0.3) is 0 Å². The second-order valence-corrected chi connectivity index (χ2v) is 6.76. The second kappa shape index (κ2) is 7.13. The number of thioether (sulfide) groups is 1. The lowest BCUT2D eigenvalue weighted by Gasteiger charge is -2.04. The molecule has 0 heterocycles. The minimum absolute atomic E-state index is 0.0637. The number of hydrogen-bond acceptors (Lipinski definition) is 3. The average Bonchev–Trinajstić information content (AvgIpc) is 3.18. The molecule has 0 saturated heterocycles. The maximum atomic E-state index is 11.9. The normalized spacial score (nSPS) is 20.4. The Morgan fingerprint density at radius 2 is 2.25 bits per heavy atom. The summed E-state index contributed by atoms with van der Waals surface area (Å²) in [5, 5.41) is 11.4. The average molecular weight is 358 g/mol. The lowest BCUT2D eigenvalue weighted by Crippen LogP contribution is -2.27. The van der Waals surface area contributed by atoms with Crippen LogP contribution in [0.15, 0.2) is 28.7 Å². The smallest absolute Gasteiger partial charge is 0.313 e. The Hall–Kier alpha value is -1.01. The zero-order valence-corrected chi connectivity index (χ0v) is 13.2. The fraction of sp³-hybridized carbons (Fsp3) is 0.429. The van der Waals surface area contributed by atoms with Crippen LogP contribution in [-0.4, -0.2) is 35.0 Å². The number of aliphatic carboxylic acids is 1. The molecule has 1 aliphatic rings. The second-order valence-electron chi connectivity index (χ2n) is 4.74. The van der Waals surface area contributed by atoms with Gasteiger partial charge >= 0.3 is 5.97 Å². The van der Waals surface area contributed by atoms with E-state index >= 15 is 0 Å². The van der Waals surface area contributed by atoms with Gasteiger partial charge in [-0.05, 0) is 30.0 Å². The van der Waals surface area contributed by atoms with Gasteiger partial charge in [-0.15, -0.1) is 11.8 Å².